The molecule has 5 heteroatoms. The molecule has 1 atom stereocenters. The van der Waals surface area contributed by atoms with Gasteiger partial charge in [0.2, 0.25) is 0 Å². The van der Waals surface area contributed by atoms with E-state index in [1.54, 1.807) is 24.3 Å². The number of benzene rings is 2. The highest BCUT2D eigenvalue weighted by Gasteiger charge is 2.14. The van der Waals surface area contributed by atoms with Gasteiger partial charge in [-0.25, -0.2) is 4.39 Å². The monoisotopic (exact) mass is 327 g/mol. The molecule has 21 heavy (non-hydrogen) atoms. The first-order chi connectivity index (χ1) is 10.0. The summed E-state index contributed by atoms with van der Waals surface area (Å²) in [6, 6.07) is 10.3. The Kier molecular flexibility index (Phi) is 5.45. The van der Waals surface area contributed by atoms with Crippen LogP contribution in [0.1, 0.15) is 17.2 Å². The van der Waals surface area contributed by atoms with Crippen molar-refractivity contribution in [3.05, 3.63) is 63.4 Å². The molecule has 0 saturated carbocycles. The molecule has 0 bridgehead atoms. The van der Waals surface area contributed by atoms with Crippen LogP contribution in [0.15, 0.2) is 36.4 Å². The van der Waals surface area contributed by atoms with Gasteiger partial charge in [-0.05, 0) is 48.9 Å². The van der Waals surface area contributed by atoms with Crippen molar-refractivity contribution in [2.75, 3.05) is 14.2 Å². The average Bonchev–Trinajstić information content (AvgIpc) is 2.47. The molecule has 0 aliphatic heterocycles. The van der Waals surface area contributed by atoms with Crippen molar-refractivity contribution in [2.45, 2.75) is 12.5 Å². The summed E-state index contributed by atoms with van der Waals surface area (Å²) in [5.41, 5.74) is 1.91. The van der Waals surface area contributed by atoms with E-state index in [-0.39, 0.29) is 17.6 Å². The summed E-state index contributed by atoms with van der Waals surface area (Å²) in [6.07, 6.45) is 0.668. The summed E-state index contributed by atoms with van der Waals surface area (Å²) in [6.45, 7) is 0. The van der Waals surface area contributed by atoms with Crippen LogP contribution >= 0.6 is 23.2 Å². The van der Waals surface area contributed by atoms with Gasteiger partial charge in [-0.15, -0.1) is 0 Å². The largest absolute Gasteiger partial charge is 0.494 e. The number of halogens is 3. The van der Waals surface area contributed by atoms with Crippen LogP contribution in [0.2, 0.25) is 10.0 Å². The molecule has 0 aliphatic rings. The zero-order chi connectivity index (χ0) is 15.4. The molecule has 1 N–H and O–H groups in total. The van der Waals surface area contributed by atoms with E-state index >= 15 is 0 Å². The van der Waals surface area contributed by atoms with Crippen LogP contribution in [0.4, 0.5) is 4.39 Å². The van der Waals surface area contributed by atoms with E-state index in [0.29, 0.717) is 16.5 Å². The molecular weight excluding hydrogens is 312 g/mol. The maximum absolute atomic E-state index is 13.5. The number of methoxy groups -OCH3 is 1. The Labute approximate surface area is 133 Å². The minimum absolute atomic E-state index is 0.00169. The molecule has 2 aromatic rings. The van der Waals surface area contributed by atoms with Crippen molar-refractivity contribution < 1.29 is 9.13 Å². The quantitative estimate of drug-likeness (QED) is 0.863. The molecule has 0 aliphatic carbocycles. The van der Waals surface area contributed by atoms with Gasteiger partial charge in [0.15, 0.2) is 11.6 Å². The Hall–Kier alpha value is -1.29. The van der Waals surface area contributed by atoms with Crippen LogP contribution in [0.3, 0.4) is 0 Å². The number of hydrogen-bond acceptors (Lipinski definition) is 2. The first kappa shape index (κ1) is 16.1. The van der Waals surface area contributed by atoms with E-state index in [1.807, 2.05) is 13.1 Å². The van der Waals surface area contributed by atoms with E-state index in [2.05, 4.69) is 5.32 Å². The molecule has 2 nitrogen and oxygen atoms in total. The first-order valence-corrected chi connectivity index (χ1v) is 7.25. The Morgan fingerprint density at radius 3 is 2.57 bits per heavy atom. The van der Waals surface area contributed by atoms with Crippen LogP contribution in [-0.4, -0.2) is 14.2 Å². The maximum atomic E-state index is 13.5. The minimum atomic E-state index is -0.374. The van der Waals surface area contributed by atoms with Crippen molar-refractivity contribution in [3.63, 3.8) is 0 Å². The fourth-order valence-electron chi connectivity index (χ4n) is 2.19. The number of ether oxygens (including phenoxy) is 1. The van der Waals surface area contributed by atoms with Crippen LogP contribution in [0, 0.1) is 5.82 Å². The van der Waals surface area contributed by atoms with Crippen LogP contribution in [-0.2, 0) is 6.42 Å². The van der Waals surface area contributed by atoms with Gasteiger partial charge < -0.3 is 10.1 Å². The number of nitrogens with one attached hydrogen (secondary N) is 1. The van der Waals surface area contributed by atoms with E-state index in [0.717, 1.165) is 11.1 Å². The van der Waals surface area contributed by atoms with E-state index in [1.165, 1.54) is 13.2 Å². The van der Waals surface area contributed by atoms with E-state index in [4.69, 9.17) is 27.9 Å². The van der Waals surface area contributed by atoms with E-state index < -0.39 is 0 Å². The molecule has 0 radical (unpaired) electrons. The molecular formula is C16H16Cl2FNO. The molecule has 2 rings (SSSR count). The SMILES string of the molecule is CNC(Cc1ccc(Cl)cc1Cl)c1ccc(F)c(OC)c1. The second kappa shape index (κ2) is 7.12. The summed E-state index contributed by atoms with van der Waals surface area (Å²) in [4.78, 5) is 0. The van der Waals surface area contributed by atoms with Gasteiger partial charge in [-0.1, -0.05) is 35.3 Å². The first-order valence-electron chi connectivity index (χ1n) is 6.49. The zero-order valence-electron chi connectivity index (χ0n) is 11.8. The molecule has 0 spiro atoms. The van der Waals surface area contributed by atoms with Gasteiger partial charge in [0.05, 0.1) is 7.11 Å². The van der Waals surface area contributed by atoms with Crippen molar-refractivity contribution >= 4 is 23.2 Å². The molecule has 0 heterocycles. The average molecular weight is 328 g/mol. The number of hydrogen-bond donors (Lipinski definition) is 1. The van der Waals surface area contributed by atoms with Gasteiger partial charge in [0.25, 0.3) is 0 Å². The highest BCUT2D eigenvalue weighted by Crippen LogP contribution is 2.28. The number of rotatable bonds is 5. The van der Waals surface area contributed by atoms with Crippen molar-refractivity contribution in [2.24, 2.45) is 0 Å². The molecule has 0 fully saturated rings. The van der Waals surface area contributed by atoms with Gasteiger partial charge in [-0.2, -0.15) is 0 Å². The second-order valence-electron chi connectivity index (χ2n) is 4.68. The molecule has 0 saturated heterocycles. The van der Waals surface area contributed by atoms with Crippen molar-refractivity contribution in [1.82, 2.24) is 5.32 Å². The summed E-state index contributed by atoms with van der Waals surface area (Å²) in [5, 5.41) is 4.44. The number of likely N-dealkylation sites (N-methyl/N-ethyl adjacent to an activating group) is 1. The predicted molar refractivity (Wildman–Crippen MR) is 84.9 cm³/mol. The minimum Gasteiger partial charge on any atom is -0.494 e. The standard InChI is InChI=1S/C16H16Cl2FNO/c1-20-15(7-10-3-5-12(17)9-13(10)18)11-4-6-14(19)16(8-11)21-2/h3-6,8-9,15,20H,7H2,1-2H3. The summed E-state index contributed by atoms with van der Waals surface area (Å²) in [7, 11) is 3.30. The Bertz CT molecular complexity index is 634. The Morgan fingerprint density at radius 1 is 1.19 bits per heavy atom. The topological polar surface area (TPSA) is 21.3 Å². The Morgan fingerprint density at radius 2 is 1.95 bits per heavy atom. The molecule has 0 aromatic heterocycles. The third kappa shape index (κ3) is 3.88. The summed E-state index contributed by atoms with van der Waals surface area (Å²) < 4.78 is 18.5. The molecule has 1 unspecified atom stereocenters. The van der Waals surface area contributed by atoms with Gasteiger partial charge in [-0.3, -0.25) is 0 Å². The molecule has 112 valence electrons. The van der Waals surface area contributed by atoms with Crippen molar-refractivity contribution in [1.29, 1.82) is 0 Å². The van der Waals surface area contributed by atoms with Gasteiger partial charge in [0.1, 0.15) is 0 Å². The maximum Gasteiger partial charge on any atom is 0.165 e. The third-order valence-corrected chi connectivity index (χ3v) is 3.95. The second-order valence-corrected chi connectivity index (χ2v) is 5.52. The lowest BCUT2D eigenvalue weighted by molar-refractivity contribution is 0.385. The van der Waals surface area contributed by atoms with Crippen LogP contribution in [0.25, 0.3) is 0 Å². The van der Waals surface area contributed by atoms with Crippen molar-refractivity contribution in [3.8, 4) is 5.75 Å². The lowest BCUT2D eigenvalue weighted by Gasteiger charge is -2.18. The predicted octanol–water partition coefficient (Wildman–Crippen LogP) is 4.64. The van der Waals surface area contributed by atoms with Crippen LogP contribution in [0.5, 0.6) is 5.75 Å². The summed E-state index contributed by atoms with van der Waals surface area (Å²) in [5.74, 6) is -0.143. The third-order valence-electron chi connectivity index (χ3n) is 3.37. The highest BCUT2D eigenvalue weighted by atomic mass is 35.5. The normalized spacial score (nSPS) is 12.2. The smallest absolute Gasteiger partial charge is 0.165 e. The lowest BCUT2D eigenvalue weighted by Crippen LogP contribution is -2.19. The van der Waals surface area contributed by atoms with Gasteiger partial charge >= 0.3 is 0 Å². The summed E-state index contributed by atoms with van der Waals surface area (Å²) >= 11 is 12.1. The highest BCUT2D eigenvalue weighted by molar-refractivity contribution is 6.35. The Balaban J connectivity index is 2.27. The lowest BCUT2D eigenvalue weighted by atomic mass is 9.98. The van der Waals surface area contributed by atoms with E-state index in [9.17, 15) is 4.39 Å². The zero-order valence-corrected chi connectivity index (χ0v) is 13.3. The van der Waals surface area contributed by atoms with Crippen LogP contribution < -0.4 is 10.1 Å². The fourth-order valence-corrected chi connectivity index (χ4v) is 2.67. The molecule has 0 amide bonds. The fraction of sp³-hybridized carbons (Fsp3) is 0.250. The molecule has 2 aromatic carbocycles. The van der Waals surface area contributed by atoms with Gasteiger partial charge in [0, 0.05) is 16.1 Å².